The van der Waals surface area contributed by atoms with Crippen LogP contribution in [0.5, 0.6) is 17.2 Å². The lowest BCUT2D eigenvalue weighted by Crippen LogP contribution is -1.96. The van der Waals surface area contributed by atoms with Gasteiger partial charge in [0.05, 0.1) is 33.2 Å². The second-order valence-electron chi connectivity index (χ2n) is 3.93. The molecule has 0 unspecified atom stereocenters. The predicted octanol–water partition coefficient (Wildman–Crippen LogP) is 2.86. The Kier molecular flexibility index (Phi) is 4.55. The van der Waals surface area contributed by atoms with Gasteiger partial charge in [0.15, 0.2) is 11.5 Å². The van der Waals surface area contributed by atoms with Crippen molar-refractivity contribution in [3.8, 4) is 17.2 Å². The first-order valence-corrected chi connectivity index (χ1v) is 6.02. The van der Waals surface area contributed by atoms with Crippen LogP contribution in [0.3, 0.4) is 0 Å². The molecule has 0 aliphatic rings. The number of aliphatic imine (C=N–C) groups is 1. The number of hydrogen-bond donors (Lipinski definition) is 0. The summed E-state index contributed by atoms with van der Waals surface area (Å²) in [5.41, 5.74) is 1.63. The summed E-state index contributed by atoms with van der Waals surface area (Å²) >= 11 is 0. The van der Waals surface area contributed by atoms with E-state index in [4.69, 9.17) is 14.2 Å². The molecule has 0 amide bonds. The molecule has 0 atom stereocenters. The van der Waals surface area contributed by atoms with Crippen molar-refractivity contribution in [3.05, 3.63) is 42.2 Å². The van der Waals surface area contributed by atoms with E-state index < -0.39 is 0 Å². The Labute approximate surface area is 117 Å². The lowest BCUT2D eigenvalue weighted by atomic mass is 10.2. The molecule has 2 rings (SSSR count). The van der Waals surface area contributed by atoms with Gasteiger partial charge in [0.2, 0.25) is 5.75 Å². The fourth-order valence-electron chi connectivity index (χ4n) is 1.76. The van der Waals surface area contributed by atoms with Crippen molar-refractivity contribution < 1.29 is 14.2 Å². The molecule has 5 heteroatoms. The van der Waals surface area contributed by atoms with E-state index in [-0.39, 0.29) is 0 Å². The molecule has 0 bridgehead atoms. The van der Waals surface area contributed by atoms with Crippen LogP contribution >= 0.6 is 0 Å². The Morgan fingerprint density at radius 1 is 1.05 bits per heavy atom. The summed E-state index contributed by atoms with van der Waals surface area (Å²) in [5.74, 6) is 1.76. The van der Waals surface area contributed by atoms with Gasteiger partial charge >= 0.3 is 0 Å². The average molecular weight is 272 g/mol. The molecule has 0 saturated heterocycles. The highest BCUT2D eigenvalue weighted by atomic mass is 16.5. The third-order valence-corrected chi connectivity index (χ3v) is 2.70. The SMILES string of the molecule is COc1cc(C=Nc2cccnc2)cc(OC)c1OC. The van der Waals surface area contributed by atoms with E-state index in [9.17, 15) is 0 Å². The first kappa shape index (κ1) is 13.9. The summed E-state index contributed by atoms with van der Waals surface area (Å²) in [6.07, 6.45) is 5.12. The first-order valence-electron chi connectivity index (χ1n) is 6.02. The number of benzene rings is 1. The van der Waals surface area contributed by atoms with Gasteiger partial charge in [0, 0.05) is 18.0 Å². The van der Waals surface area contributed by atoms with Gasteiger partial charge in [-0.05, 0) is 24.3 Å². The molecule has 20 heavy (non-hydrogen) atoms. The normalized spacial score (nSPS) is 10.6. The Morgan fingerprint density at radius 3 is 2.25 bits per heavy atom. The van der Waals surface area contributed by atoms with Crippen molar-refractivity contribution in [2.75, 3.05) is 21.3 Å². The van der Waals surface area contributed by atoms with Gasteiger partial charge in [-0.1, -0.05) is 0 Å². The first-order chi connectivity index (χ1) is 9.78. The summed E-state index contributed by atoms with van der Waals surface area (Å²) in [7, 11) is 4.74. The van der Waals surface area contributed by atoms with Crippen molar-refractivity contribution in [1.82, 2.24) is 4.98 Å². The average Bonchev–Trinajstić information content (AvgIpc) is 2.52. The molecule has 0 spiro atoms. The van der Waals surface area contributed by atoms with Crippen LogP contribution in [-0.2, 0) is 0 Å². The van der Waals surface area contributed by atoms with Crippen LogP contribution in [0.25, 0.3) is 0 Å². The summed E-state index contributed by atoms with van der Waals surface area (Å²) in [4.78, 5) is 8.35. The summed E-state index contributed by atoms with van der Waals surface area (Å²) in [6.45, 7) is 0. The zero-order valence-corrected chi connectivity index (χ0v) is 11.7. The molecule has 0 saturated carbocycles. The highest BCUT2D eigenvalue weighted by Crippen LogP contribution is 2.37. The summed E-state index contributed by atoms with van der Waals surface area (Å²) in [5, 5.41) is 0. The molecule has 1 aromatic heterocycles. The fourth-order valence-corrected chi connectivity index (χ4v) is 1.76. The molecule has 0 aliphatic carbocycles. The van der Waals surface area contributed by atoms with Gasteiger partial charge in [0.1, 0.15) is 0 Å². The standard InChI is InChI=1S/C15H16N2O3/c1-18-13-7-11(8-14(19-2)15(13)20-3)9-17-12-5-4-6-16-10-12/h4-10H,1-3H3. The zero-order chi connectivity index (χ0) is 14.4. The van der Waals surface area contributed by atoms with E-state index in [1.54, 1.807) is 39.9 Å². The molecule has 0 N–H and O–H groups in total. The van der Waals surface area contributed by atoms with E-state index >= 15 is 0 Å². The minimum atomic E-state index is 0.563. The molecule has 0 aliphatic heterocycles. The van der Waals surface area contributed by atoms with Gasteiger partial charge in [-0.2, -0.15) is 0 Å². The predicted molar refractivity (Wildman–Crippen MR) is 77.6 cm³/mol. The molecule has 0 fully saturated rings. The molecular weight excluding hydrogens is 256 g/mol. The Morgan fingerprint density at radius 2 is 1.75 bits per heavy atom. The molecule has 2 aromatic rings. The van der Waals surface area contributed by atoms with Crippen molar-refractivity contribution in [1.29, 1.82) is 0 Å². The number of aromatic nitrogens is 1. The maximum atomic E-state index is 5.29. The van der Waals surface area contributed by atoms with Crippen LogP contribution < -0.4 is 14.2 Å². The molecule has 104 valence electrons. The highest BCUT2D eigenvalue weighted by molar-refractivity contribution is 5.84. The second-order valence-corrected chi connectivity index (χ2v) is 3.93. The van der Waals surface area contributed by atoms with E-state index in [1.807, 2.05) is 24.3 Å². The molecule has 1 heterocycles. The van der Waals surface area contributed by atoms with Gasteiger partial charge < -0.3 is 14.2 Å². The summed E-state index contributed by atoms with van der Waals surface area (Å²) in [6, 6.07) is 7.38. The third-order valence-electron chi connectivity index (χ3n) is 2.70. The van der Waals surface area contributed by atoms with Gasteiger partial charge in [-0.15, -0.1) is 0 Å². The Bertz CT molecular complexity index is 572. The number of nitrogens with zero attached hydrogens (tertiary/aromatic N) is 2. The Hall–Kier alpha value is -2.56. The molecule has 5 nitrogen and oxygen atoms in total. The van der Waals surface area contributed by atoms with E-state index in [0.717, 1.165) is 11.3 Å². The fraction of sp³-hybridized carbons (Fsp3) is 0.200. The number of hydrogen-bond acceptors (Lipinski definition) is 5. The van der Waals surface area contributed by atoms with E-state index in [1.165, 1.54) is 0 Å². The van der Waals surface area contributed by atoms with Gasteiger partial charge in [0.25, 0.3) is 0 Å². The molecule has 1 aromatic carbocycles. The number of rotatable bonds is 5. The second kappa shape index (κ2) is 6.56. The van der Waals surface area contributed by atoms with Crippen LogP contribution in [0, 0.1) is 0 Å². The smallest absolute Gasteiger partial charge is 0.203 e. The lowest BCUT2D eigenvalue weighted by molar-refractivity contribution is 0.324. The number of methoxy groups -OCH3 is 3. The van der Waals surface area contributed by atoms with Crippen LogP contribution in [0.15, 0.2) is 41.7 Å². The van der Waals surface area contributed by atoms with Crippen molar-refractivity contribution >= 4 is 11.9 Å². The molecule has 0 radical (unpaired) electrons. The Balaban J connectivity index is 2.35. The van der Waals surface area contributed by atoms with Gasteiger partial charge in [-0.3, -0.25) is 9.98 Å². The highest BCUT2D eigenvalue weighted by Gasteiger charge is 2.12. The monoisotopic (exact) mass is 272 g/mol. The zero-order valence-electron chi connectivity index (χ0n) is 11.7. The van der Waals surface area contributed by atoms with Crippen LogP contribution in [-0.4, -0.2) is 32.5 Å². The number of ether oxygens (including phenoxy) is 3. The minimum absolute atomic E-state index is 0.563. The lowest BCUT2D eigenvalue weighted by Gasteiger charge is -2.12. The maximum absolute atomic E-state index is 5.29. The largest absolute Gasteiger partial charge is 0.493 e. The van der Waals surface area contributed by atoms with Crippen molar-refractivity contribution in [2.24, 2.45) is 4.99 Å². The van der Waals surface area contributed by atoms with Crippen LogP contribution in [0.1, 0.15) is 5.56 Å². The quantitative estimate of drug-likeness (QED) is 0.785. The third kappa shape index (κ3) is 3.06. The van der Waals surface area contributed by atoms with Crippen LogP contribution in [0.2, 0.25) is 0 Å². The maximum Gasteiger partial charge on any atom is 0.203 e. The topological polar surface area (TPSA) is 52.9 Å². The van der Waals surface area contributed by atoms with E-state index in [0.29, 0.717) is 17.2 Å². The van der Waals surface area contributed by atoms with Gasteiger partial charge in [-0.25, -0.2) is 0 Å². The molecular formula is C15H16N2O3. The van der Waals surface area contributed by atoms with Crippen molar-refractivity contribution in [2.45, 2.75) is 0 Å². The van der Waals surface area contributed by atoms with E-state index in [2.05, 4.69) is 9.98 Å². The number of pyridine rings is 1. The summed E-state index contributed by atoms with van der Waals surface area (Å²) < 4.78 is 15.9. The van der Waals surface area contributed by atoms with Crippen LogP contribution in [0.4, 0.5) is 5.69 Å². The minimum Gasteiger partial charge on any atom is -0.493 e. The van der Waals surface area contributed by atoms with Crippen molar-refractivity contribution in [3.63, 3.8) is 0 Å².